The molecule has 0 saturated carbocycles. The Kier molecular flexibility index (Phi) is 7.05. The molecule has 2 aromatic rings. The van der Waals surface area contributed by atoms with Crippen molar-refractivity contribution in [2.24, 2.45) is 0 Å². The van der Waals surface area contributed by atoms with E-state index in [1.54, 1.807) is 20.8 Å². The normalized spacial score (nSPS) is 12.6. The van der Waals surface area contributed by atoms with Gasteiger partial charge in [0.2, 0.25) is 5.09 Å². The molecule has 3 N–H and O–H groups in total. The Labute approximate surface area is 176 Å². The Bertz CT molecular complexity index is 1020. The van der Waals surface area contributed by atoms with Gasteiger partial charge in [0.05, 0.1) is 10.6 Å². The standard InChI is InChI=1S/C17H20ClF3N4O4S/c1-16(2,3)25-30(27,28)13-5-4-12(29-13)15(26)23-7-6-22-14-11(18)8-10(9-24-14)17(19,20)21/h4-5,8-9,25H,6-7H2,1-3H3,(H,22,24)(H,23,26). The number of rotatable bonds is 7. The molecular formula is C17H20ClF3N4O4S. The highest BCUT2D eigenvalue weighted by Gasteiger charge is 2.31. The lowest BCUT2D eigenvalue weighted by atomic mass is 10.1. The van der Waals surface area contributed by atoms with E-state index in [0.29, 0.717) is 6.20 Å². The molecule has 0 radical (unpaired) electrons. The third-order valence-electron chi connectivity index (χ3n) is 3.38. The number of nitrogens with one attached hydrogen (secondary N) is 3. The van der Waals surface area contributed by atoms with E-state index in [4.69, 9.17) is 16.0 Å². The van der Waals surface area contributed by atoms with Crippen molar-refractivity contribution in [3.63, 3.8) is 0 Å². The van der Waals surface area contributed by atoms with Crippen LogP contribution in [0.1, 0.15) is 36.9 Å². The monoisotopic (exact) mass is 468 g/mol. The van der Waals surface area contributed by atoms with E-state index < -0.39 is 38.3 Å². The van der Waals surface area contributed by atoms with Crippen molar-refractivity contribution in [1.29, 1.82) is 0 Å². The zero-order chi connectivity index (χ0) is 22.7. The minimum Gasteiger partial charge on any atom is -0.438 e. The van der Waals surface area contributed by atoms with E-state index in [2.05, 4.69) is 20.3 Å². The fourth-order valence-electron chi connectivity index (χ4n) is 2.21. The molecule has 1 amide bonds. The first kappa shape index (κ1) is 24.0. The van der Waals surface area contributed by atoms with Gasteiger partial charge >= 0.3 is 6.18 Å². The number of nitrogens with zero attached hydrogens (tertiary/aromatic N) is 1. The van der Waals surface area contributed by atoms with Crippen LogP contribution in [0, 0.1) is 0 Å². The lowest BCUT2D eigenvalue weighted by molar-refractivity contribution is -0.137. The van der Waals surface area contributed by atoms with Crippen molar-refractivity contribution in [3.05, 3.63) is 40.7 Å². The van der Waals surface area contributed by atoms with Crippen molar-refractivity contribution >= 4 is 33.3 Å². The number of carbonyl (C=O) groups excluding carboxylic acids is 1. The molecule has 30 heavy (non-hydrogen) atoms. The number of pyridine rings is 1. The van der Waals surface area contributed by atoms with E-state index >= 15 is 0 Å². The van der Waals surface area contributed by atoms with Gasteiger partial charge < -0.3 is 15.1 Å². The van der Waals surface area contributed by atoms with E-state index in [0.717, 1.165) is 12.1 Å². The van der Waals surface area contributed by atoms with Gasteiger partial charge in [0, 0.05) is 24.8 Å². The Morgan fingerprint density at radius 1 is 1.20 bits per heavy atom. The summed E-state index contributed by atoms with van der Waals surface area (Å²) in [7, 11) is -3.92. The van der Waals surface area contributed by atoms with Crippen molar-refractivity contribution in [2.45, 2.75) is 37.6 Å². The SMILES string of the molecule is CC(C)(C)NS(=O)(=O)c1ccc(C(=O)NCCNc2ncc(C(F)(F)F)cc2Cl)o1. The Morgan fingerprint density at radius 2 is 1.87 bits per heavy atom. The van der Waals surface area contributed by atoms with Crippen molar-refractivity contribution in [1.82, 2.24) is 15.0 Å². The highest BCUT2D eigenvalue weighted by molar-refractivity contribution is 7.89. The van der Waals surface area contributed by atoms with Crippen LogP contribution in [0.25, 0.3) is 0 Å². The zero-order valence-electron chi connectivity index (χ0n) is 16.2. The highest BCUT2D eigenvalue weighted by Crippen LogP contribution is 2.32. The van der Waals surface area contributed by atoms with Gasteiger partial charge in [-0.25, -0.2) is 18.1 Å². The van der Waals surface area contributed by atoms with Gasteiger partial charge in [-0.05, 0) is 39.0 Å². The van der Waals surface area contributed by atoms with Crippen LogP contribution < -0.4 is 15.4 Å². The molecule has 8 nitrogen and oxygen atoms in total. The number of hydrogen-bond donors (Lipinski definition) is 3. The molecule has 0 fully saturated rings. The summed E-state index contributed by atoms with van der Waals surface area (Å²) in [6.45, 7) is 5.12. The second kappa shape index (κ2) is 8.82. The maximum Gasteiger partial charge on any atom is 0.417 e. The van der Waals surface area contributed by atoms with Gasteiger partial charge in [0.25, 0.3) is 15.9 Å². The summed E-state index contributed by atoms with van der Waals surface area (Å²) in [6.07, 6.45) is -3.91. The Hall–Kier alpha value is -2.31. The van der Waals surface area contributed by atoms with Crippen LogP contribution in [0.15, 0.2) is 33.9 Å². The molecule has 0 saturated heterocycles. The van der Waals surface area contributed by atoms with Gasteiger partial charge in [-0.1, -0.05) is 11.6 Å². The summed E-state index contributed by atoms with van der Waals surface area (Å²) < 4.78 is 69.7. The van der Waals surface area contributed by atoms with Crippen LogP contribution in [0.3, 0.4) is 0 Å². The minimum atomic E-state index is -4.55. The molecule has 0 spiro atoms. The Morgan fingerprint density at radius 3 is 2.43 bits per heavy atom. The quantitative estimate of drug-likeness (QED) is 0.537. The first-order valence-corrected chi connectivity index (χ1v) is 10.4. The maximum atomic E-state index is 12.6. The molecule has 0 atom stereocenters. The molecule has 2 heterocycles. The number of aromatic nitrogens is 1. The number of furan rings is 1. The highest BCUT2D eigenvalue weighted by atomic mass is 35.5. The molecule has 0 unspecified atom stereocenters. The summed E-state index contributed by atoms with van der Waals surface area (Å²) in [5.74, 6) is -0.853. The number of anilines is 1. The lowest BCUT2D eigenvalue weighted by Gasteiger charge is -2.18. The second-order valence-corrected chi connectivity index (χ2v) is 9.23. The first-order valence-electron chi connectivity index (χ1n) is 8.58. The number of sulfonamides is 1. The molecule has 2 aromatic heterocycles. The number of amides is 1. The van der Waals surface area contributed by atoms with Gasteiger partial charge in [0.1, 0.15) is 5.82 Å². The maximum absolute atomic E-state index is 12.6. The van der Waals surface area contributed by atoms with Crippen LogP contribution in [-0.4, -0.2) is 37.9 Å². The average molecular weight is 469 g/mol. The fourth-order valence-corrected chi connectivity index (χ4v) is 3.79. The molecule has 0 aromatic carbocycles. The molecule has 0 bridgehead atoms. The van der Waals surface area contributed by atoms with Crippen molar-refractivity contribution in [3.8, 4) is 0 Å². The predicted octanol–water partition coefficient (Wildman–Crippen LogP) is 3.27. The number of halogens is 4. The molecule has 0 aliphatic carbocycles. The summed E-state index contributed by atoms with van der Waals surface area (Å²) in [5, 5.41) is 4.55. The minimum absolute atomic E-state index is 0.0264. The van der Waals surface area contributed by atoms with E-state index in [-0.39, 0.29) is 29.7 Å². The van der Waals surface area contributed by atoms with Gasteiger partial charge in [0.15, 0.2) is 5.76 Å². The molecular weight excluding hydrogens is 449 g/mol. The summed E-state index contributed by atoms with van der Waals surface area (Å²) >= 11 is 5.77. The third kappa shape index (κ3) is 6.61. The van der Waals surface area contributed by atoms with Crippen molar-refractivity contribution < 1.29 is 30.8 Å². The zero-order valence-corrected chi connectivity index (χ0v) is 17.8. The molecule has 0 aliphatic rings. The lowest BCUT2D eigenvalue weighted by Crippen LogP contribution is -2.40. The summed E-state index contributed by atoms with van der Waals surface area (Å²) in [4.78, 5) is 15.7. The fraction of sp³-hybridized carbons (Fsp3) is 0.412. The van der Waals surface area contributed by atoms with Gasteiger partial charge in [-0.2, -0.15) is 13.2 Å². The van der Waals surface area contributed by atoms with Crippen LogP contribution in [0.4, 0.5) is 19.0 Å². The van der Waals surface area contributed by atoms with E-state index in [9.17, 15) is 26.4 Å². The van der Waals surface area contributed by atoms with E-state index in [1.165, 1.54) is 6.07 Å². The third-order valence-corrected chi connectivity index (χ3v) is 5.30. The van der Waals surface area contributed by atoms with Crippen LogP contribution >= 0.6 is 11.6 Å². The predicted molar refractivity (Wildman–Crippen MR) is 104 cm³/mol. The smallest absolute Gasteiger partial charge is 0.417 e. The van der Waals surface area contributed by atoms with E-state index in [1.807, 2.05) is 0 Å². The van der Waals surface area contributed by atoms with Crippen LogP contribution in [0.2, 0.25) is 5.02 Å². The molecule has 2 rings (SSSR count). The molecule has 13 heteroatoms. The van der Waals surface area contributed by atoms with Crippen LogP contribution in [0.5, 0.6) is 0 Å². The Balaban J connectivity index is 1.90. The number of alkyl halides is 3. The van der Waals surface area contributed by atoms with Gasteiger partial charge in [-0.15, -0.1) is 0 Å². The summed E-state index contributed by atoms with van der Waals surface area (Å²) in [5.41, 5.74) is -1.70. The largest absolute Gasteiger partial charge is 0.438 e. The second-order valence-electron chi connectivity index (χ2n) is 7.21. The number of carbonyl (C=O) groups is 1. The number of hydrogen-bond acceptors (Lipinski definition) is 6. The average Bonchev–Trinajstić information content (AvgIpc) is 3.07. The van der Waals surface area contributed by atoms with Crippen molar-refractivity contribution in [2.75, 3.05) is 18.4 Å². The summed E-state index contributed by atoms with van der Waals surface area (Å²) in [6, 6.07) is 3.12. The molecule has 0 aliphatic heterocycles. The van der Waals surface area contributed by atoms with Crippen LogP contribution in [-0.2, 0) is 16.2 Å². The topological polar surface area (TPSA) is 113 Å². The molecule has 166 valence electrons. The van der Waals surface area contributed by atoms with Gasteiger partial charge in [-0.3, -0.25) is 4.79 Å². The first-order chi connectivity index (χ1) is 13.7.